The molecule has 0 radical (unpaired) electrons. The third-order valence-corrected chi connectivity index (χ3v) is 5.05. The Balaban J connectivity index is 1.89. The van der Waals surface area contributed by atoms with Crippen molar-refractivity contribution in [3.05, 3.63) is 41.5 Å². The summed E-state index contributed by atoms with van der Waals surface area (Å²) in [6.45, 7) is 3.12. The van der Waals surface area contributed by atoms with E-state index in [1.54, 1.807) is 7.11 Å². The number of methoxy groups -OCH3 is 1. The van der Waals surface area contributed by atoms with Gasteiger partial charge in [-0.3, -0.25) is 9.20 Å². The van der Waals surface area contributed by atoms with Crippen LogP contribution in [0.5, 0.6) is 0 Å². The highest BCUT2D eigenvalue weighted by atomic mass is 32.2. The molecule has 2 heterocycles. The van der Waals surface area contributed by atoms with Gasteiger partial charge in [0.25, 0.3) is 0 Å². The molecule has 0 saturated carbocycles. The first-order chi connectivity index (χ1) is 12.7. The molecule has 7 heteroatoms. The van der Waals surface area contributed by atoms with Crippen molar-refractivity contribution in [2.45, 2.75) is 18.4 Å². The normalized spacial score (nSPS) is 11.0. The number of hydrogen-bond acceptors (Lipinski definition) is 5. The topological polar surface area (TPSA) is 79.4 Å². The molecule has 0 unspecified atom stereocenters. The Morgan fingerprint density at radius 2 is 2.23 bits per heavy atom. The van der Waals surface area contributed by atoms with Gasteiger partial charge in [0.15, 0.2) is 5.65 Å². The summed E-state index contributed by atoms with van der Waals surface area (Å²) in [5.74, 6) is 0.283. The number of benzene rings is 1. The van der Waals surface area contributed by atoms with Crippen molar-refractivity contribution < 1.29 is 9.53 Å². The van der Waals surface area contributed by atoms with E-state index in [4.69, 9.17) is 4.74 Å². The number of amides is 1. The van der Waals surface area contributed by atoms with Gasteiger partial charge in [-0.05, 0) is 37.1 Å². The Labute approximate surface area is 156 Å². The van der Waals surface area contributed by atoms with Crippen LogP contribution in [0, 0.1) is 18.3 Å². The first-order valence-corrected chi connectivity index (χ1v) is 9.33. The van der Waals surface area contributed by atoms with Crippen LogP contribution < -0.4 is 5.32 Å². The van der Waals surface area contributed by atoms with Gasteiger partial charge in [0.05, 0.1) is 27.4 Å². The molecule has 0 bridgehead atoms. The number of fused-ring (bicyclic) bond motifs is 3. The standard InChI is InChI=1S/C19H20N4O2S/c1-13-10-18(26-12-17(24)21-8-5-9-25-2)23-16-7-4-3-6-15(16)22-19(23)14(13)11-20/h3-4,6-7,10H,5,8-9,12H2,1-2H3,(H,21,24). The molecule has 6 nitrogen and oxygen atoms in total. The largest absolute Gasteiger partial charge is 0.385 e. The number of carbonyl (C=O) groups is 1. The number of carbonyl (C=O) groups excluding carboxylic acids is 1. The second-order valence-corrected chi connectivity index (χ2v) is 6.89. The predicted octanol–water partition coefficient (Wildman–Crippen LogP) is 2.91. The third kappa shape index (κ3) is 3.66. The van der Waals surface area contributed by atoms with Crippen LogP contribution in [0.3, 0.4) is 0 Å². The van der Waals surface area contributed by atoms with Gasteiger partial charge in [-0.1, -0.05) is 23.9 Å². The van der Waals surface area contributed by atoms with Crippen LogP contribution in [0.15, 0.2) is 35.4 Å². The first kappa shape index (κ1) is 18.2. The van der Waals surface area contributed by atoms with Gasteiger partial charge in [-0.15, -0.1) is 0 Å². The summed E-state index contributed by atoms with van der Waals surface area (Å²) in [5, 5.41) is 13.3. The van der Waals surface area contributed by atoms with Gasteiger partial charge in [0, 0.05) is 20.3 Å². The summed E-state index contributed by atoms with van der Waals surface area (Å²) in [5.41, 5.74) is 3.83. The quantitative estimate of drug-likeness (QED) is 0.512. The van der Waals surface area contributed by atoms with Gasteiger partial charge in [0.1, 0.15) is 6.07 Å². The van der Waals surface area contributed by atoms with Crippen molar-refractivity contribution in [3.8, 4) is 6.07 Å². The number of thioether (sulfide) groups is 1. The minimum Gasteiger partial charge on any atom is -0.385 e. The minimum atomic E-state index is -0.0225. The molecule has 0 aliphatic rings. The van der Waals surface area contributed by atoms with E-state index < -0.39 is 0 Å². The molecule has 134 valence electrons. The van der Waals surface area contributed by atoms with Crippen molar-refractivity contribution in [2.24, 2.45) is 0 Å². The molecular formula is C19H20N4O2S. The van der Waals surface area contributed by atoms with Crippen LogP contribution in [0.4, 0.5) is 0 Å². The lowest BCUT2D eigenvalue weighted by molar-refractivity contribution is -0.118. The Morgan fingerprint density at radius 3 is 3.00 bits per heavy atom. The number of nitrogens with zero attached hydrogens (tertiary/aromatic N) is 3. The molecule has 26 heavy (non-hydrogen) atoms. The number of hydrogen-bond donors (Lipinski definition) is 1. The third-order valence-electron chi connectivity index (χ3n) is 4.05. The maximum Gasteiger partial charge on any atom is 0.230 e. The average molecular weight is 368 g/mol. The highest BCUT2D eigenvalue weighted by Crippen LogP contribution is 2.29. The number of aryl methyl sites for hydroxylation is 1. The van der Waals surface area contributed by atoms with E-state index in [-0.39, 0.29) is 5.91 Å². The highest BCUT2D eigenvalue weighted by molar-refractivity contribution is 7.99. The van der Waals surface area contributed by atoms with E-state index in [9.17, 15) is 10.1 Å². The number of rotatable bonds is 7. The van der Waals surface area contributed by atoms with Gasteiger partial charge in [-0.25, -0.2) is 4.98 Å². The van der Waals surface area contributed by atoms with Crippen LogP contribution >= 0.6 is 11.8 Å². The Morgan fingerprint density at radius 1 is 1.42 bits per heavy atom. The van der Waals surface area contributed by atoms with E-state index >= 15 is 0 Å². The van der Waals surface area contributed by atoms with E-state index in [2.05, 4.69) is 16.4 Å². The molecule has 0 atom stereocenters. The van der Waals surface area contributed by atoms with Crippen LogP contribution in [-0.4, -0.2) is 41.3 Å². The minimum absolute atomic E-state index is 0.0225. The van der Waals surface area contributed by atoms with Gasteiger partial charge in [0.2, 0.25) is 5.91 Å². The molecule has 2 aromatic heterocycles. The van der Waals surface area contributed by atoms with Crippen molar-refractivity contribution in [1.82, 2.24) is 14.7 Å². The summed E-state index contributed by atoms with van der Waals surface area (Å²) in [4.78, 5) is 16.7. The zero-order valence-corrected chi connectivity index (χ0v) is 15.6. The Hall–Kier alpha value is -2.56. The average Bonchev–Trinajstić information content (AvgIpc) is 3.02. The maximum atomic E-state index is 12.1. The number of imidazole rings is 1. The SMILES string of the molecule is COCCCNC(=O)CSc1cc(C)c(C#N)c2nc3ccccc3n12. The molecule has 1 N–H and O–H groups in total. The molecule has 3 aromatic rings. The lowest BCUT2D eigenvalue weighted by Gasteiger charge is -2.10. The monoisotopic (exact) mass is 368 g/mol. The fourth-order valence-corrected chi connectivity index (χ4v) is 3.75. The van der Waals surface area contributed by atoms with E-state index in [0.29, 0.717) is 30.1 Å². The fourth-order valence-electron chi connectivity index (χ4n) is 2.79. The second-order valence-electron chi connectivity index (χ2n) is 5.90. The van der Waals surface area contributed by atoms with Crippen LogP contribution in [0.2, 0.25) is 0 Å². The van der Waals surface area contributed by atoms with Crippen molar-refractivity contribution in [3.63, 3.8) is 0 Å². The molecule has 0 aliphatic heterocycles. The number of ether oxygens (including phenoxy) is 1. The lowest BCUT2D eigenvalue weighted by atomic mass is 10.2. The molecule has 0 fully saturated rings. The molecule has 0 spiro atoms. The van der Waals surface area contributed by atoms with Crippen LogP contribution in [0.25, 0.3) is 16.7 Å². The molecule has 3 rings (SSSR count). The zero-order valence-electron chi connectivity index (χ0n) is 14.8. The maximum absolute atomic E-state index is 12.1. The molecule has 1 amide bonds. The van der Waals surface area contributed by atoms with E-state index in [1.807, 2.05) is 41.7 Å². The number of nitriles is 1. The summed E-state index contributed by atoms with van der Waals surface area (Å²) in [7, 11) is 1.64. The van der Waals surface area contributed by atoms with Crippen LogP contribution in [-0.2, 0) is 9.53 Å². The summed E-state index contributed by atoms with van der Waals surface area (Å²) >= 11 is 1.44. The first-order valence-electron chi connectivity index (χ1n) is 8.35. The van der Waals surface area contributed by atoms with Gasteiger partial charge in [-0.2, -0.15) is 5.26 Å². The number of nitrogens with one attached hydrogen (secondary N) is 1. The number of para-hydroxylation sites is 2. The van der Waals surface area contributed by atoms with Crippen molar-refractivity contribution in [1.29, 1.82) is 5.26 Å². The number of aromatic nitrogens is 2. The molecule has 1 aromatic carbocycles. The zero-order chi connectivity index (χ0) is 18.5. The Bertz CT molecular complexity index is 991. The fraction of sp³-hybridized carbons (Fsp3) is 0.316. The summed E-state index contributed by atoms with van der Waals surface area (Å²) < 4.78 is 6.94. The molecule has 0 aliphatic carbocycles. The van der Waals surface area contributed by atoms with Crippen LogP contribution in [0.1, 0.15) is 17.5 Å². The summed E-state index contributed by atoms with van der Waals surface area (Å²) in [6.07, 6.45) is 0.791. The molecule has 0 saturated heterocycles. The Kier molecular flexibility index (Phi) is 5.76. The van der Waals surface area contributed by atoms with Gasteiger partial charge < -0.3 is 10.1 Å². The van der Waals surface area contributed by atoms with E-state index in [0.717, 1.165) is 28.0 Å². The summed E-state index contributed by atoms with van der Waals surface area (Å²) in [6, 6.07) is 12.0. The van der Waals surface area contributed by atoms with Gasteiger partial charge >= 0.3 is 0 Å². The highest BCUT2D eigenvalue weighted by Gasteiger charge is 2.16. The molecular weight excluding hydrogens is 348 g/mol. The van der Waals surface area contributed by atoms with E-state index in [1.165, 1.54) is 11.8 Å². The van der Waals surface area contributed by atoms with Crippen molar-refractivity contribution in [2.75, 3.05) is 26.0 Å². The van der Waals surface area contributed by atoms with Crippen molar-refractivity contribution >= 4 is 34.3 Å². The number of pyridine rings is 1. The predicted molar refractivity (Wildman–Crippen MR) is 102 cm³/mol. The lowest BCUT2D eigenvalue weighted by Crippen LogP contribution is -2.26. The second kappa shape index (κ2) is 8.21. The smallest absolute Gasteiger partial charge is 0.230 e.